The maximum Gasteiger partial charge on any atom is 0.308 e. The molecule has 1 saturated carbocycles. The molecule has 5 rings (SSSR count). The van der Waals surface area contributed by atoms with Gasteiger partial charge in [0, 0.05) is 25.3 Å². The summed E-state index contributed by atoms with van der Waals surface area (Å²) < 4.78 is 11.2. The maximum atomic E-state index is 13.6. The molecule has 2 bridgehead atoms. The van der Waals surface area contributed by atoms with Crippen molar-refractivity contribution in [1.82, 2.24) is 0 Å². The number of fused-ring (bicyclic) bond motifs is 1. The summed E-state index contributed by atoms with van der Waals surface area (Å²) in [5.74, 6) is -0.632. The van der Waals surface area contributed by atoms with Crippen molar-refractivity contribution in [3.8, 4) is 11.5 Å². The lowest BCUT2D eigenvalue weighted by Crippen LogP contribution is -2.65. The minimum absolute atomic E-state index is 0.0694. The molecule has 0 spiro atoms. The first-order chi connectivity index (χ1) is 14.9. The molecule has 0 saturated heterocycles. The first kappa shape index (κ1) is 22.3. The zero-order valence-electron chi connectivity index (χ0n) is 19.4. The molecular weight excluding hydrogens is 408 g/mol. The van der Waals surface area contributed by atoms with E-state index in [0.717, 1.165) is 17.6 Å². The topological polar surface area (TPSA) is 89.9 Å². The molecular formula is C26H30O6. The van der Waals surface area contributed by atoms with Crippen LogP contribution in [0.3, 0.4) is 0 Å². The van der Waals surface area contributed by atoms with Crippen molar-refractivity contribution in [3.05, 3.63) is 46.6 Å². The smallest absolute Gasteiger partial charge is 0.308 e. The van der Waals surface area contributed by atoms with Gasteiger partial charge in [-0.3, -0.25) is 14.4 Å². The molecule has 1 fully saturated rings. The Morgan fingerprint density at radius 1 is 1.19 bits per heavy atom. The van der Waals surface area contributed by atoms with Crippen LogP contribution in [-0.4, -0.2) is 28.4 Å². The molecule has 0 radical (unpaired) electrons. The Balaban J connectivity index is 1.85. The van der Waals surface area contributed by atoms with Crippen LogP contribution in [0.25, 0.3) is 0 Å². The Hall–Kier alpha value is -2.89. The number of aromatic hydroxyl groups is 1. The van der Waals surface area contributed by atoms with E-state index in [1.165, 1.54) is 13.8 Å². The molecule has 1 N–H and O–H groups in total. The molecule has 170 valence electrons. The predicted molar refractivity (Wildman–Crippen MR) is 118 cm³/mol. The third-order valence-corrected chi connectivity index (χ3v) is 7.50. The van der Waals surface area contributed by atoms with Gasteiger partial charge in [-0.1, -0.05) is 23.8 Å². The molecule has 0 heterocycles. The van der Waals surface area contributed by atoms with Crippen LogP contribution in [0.4, 0.5) is 0 Å². The second-order valence-electron chi connectivity index (χ2n) is 9.79. The van der Waals surface area contributed by atoms with E-state index in [4.69, 9.17) is 9.47 Å². The van der Waals surface area contributed by atoms with Crippen molar-refractivity contribution in [2.75, 3.05) is 0 Å². The standard InChI is InChI=1S/C26H30O6/c1-13-10-17(23(31-15(3)27)14(2)22(13)29)11-18-12-25(5)20-9-7-8-19(20)21(18)26(6,24(25)30)32-16(4)28/h7,9-10,12,19-21,29H,8,11H2,1-6H3/t19-,20+,21-,25-,26?/m1/s1. The molecule has 0 aromatic heterocycles. The summed E-state index contributed by atoms with van der Waals surface area (Å²) in [7, 11) is 0. The van der Waals surface area contributed by atoms with E-state index < -0.39 is 23.0 Å². The van der Waals surface area contributed by atoms with E-state index in [0.29, 0.717) is 23.3 Å². The Morgan fingerprint density at radius 2 is 1.88 bits per heavy atom. The van der Waals surface area contributed by atoms with Gasteiger partial charge in [-0.15, -0.1) is 0 Å². The van der Waals surface area contributed by atoms with Crippen molar-refractivity contribution in [2.24, 2.45) is 23.2 Å². The van der Waals surface area contributed by atoms with Crippen LogP contribution in [-0.2, 0) is 25.5 Å². The monoisotopic (exact) mass is 438 g/mol. The van der Waals surface area contributed by atoms with E-state index >= 15 is 0 Å². The molecule has 4 aliphatic rings. The number of phenolic OH excluding ortho intramolecular Hbond substituents is 1. The Kier molecular flexibility index (Phi) is 5.11. The summed E-state index contributed by atoms with van der Waals surface area (Å²) in [6.07, 6.45) is 7.52. The molecule has 6 heteroatoms. The second kappa shape index (κ2) is 7.32. The summed E-state index contributed by atoms with van der Waals surface area (Å²) in [5, 5.41) is 10.4. The maximum absolute atomic E-state index is 13.6. The van der Waals surface area contributed by atoms with Crippen LogP contribution >= 0.6 is 0 Å². The number of esters is 2. The van der Waals surface area contributed by atoms with E-state index in [-0.39, 0.29) is 29.3 Å². The van der Waals surface area contributed by atoms with Crippen LogP contribution in [0.5, 0.6) is 11.5 Å². The fraction of sp³-hybridized carbons (Fsp3) is 0.500. The lowest BCUT2D eigenvalue weighted by Gasteiger charge is -2.57. The van der Waals surface area contributed by atoms with Gasteiger partial charge in [0.25, 0.3) is 0 Å². The summed E-state index contributed by atoms with van der Waals surface area (Å²) in [4.78, 5) is 37.4. The zero-order valence-corrected chi connectivity index (χ0v) is 19.4. The number of phenols is 1. The normalized spacial score (nSPS) is 32.5. The summed E-state index contributed by atoms with van der Waals surface area (Å²) >= 11 is 0. The SMILES string of the molecule is CC(=O)Oc1c(CC2=C[C@@]3(C)C(=O)C(C)(OC(C)=O)[C@H]2[C@@H]2CC=C[C@@H]23)cc(C)c(O)c1C. The van der Waals surface area contributed by atoms with Gasteiger partial charge in [0.2, 0.25) is 0 Å². The number of hydrogen-bond donors (Lipinski definition) is 1. The quantitative estimate of drug-likeness (QED) is 0.432. The van der Waals surface area contributed by atoms with Crippen LogP contribution in [0.1, 0.15) is 50.8 Å². The largest absolute Gasteiger partial charge is 0.507 e. The van der Waals surface area contributed by atoms with E-state index in [1.54, 1.807) is 20.8 Å². The third kappa shape index (κ3) is 3.11. The molecule has 5 atom stereocenters. The summed E-state index contributed by atoms with van der Waals surface area (Å²) in [6, 6.07) is 1.82. The average molecular weight is 439 g/mol. The average Bonchev–Trinajstić information content (AvgIpc) is 3.18. The molecule has 4 aliphatic carbocycles. The number of ketones is 1. The highest BCUT2D eigenvalue weighted by molar-refractivity contribution is 5.99. The van der Waals surface area contributed by atoms with E-state index in [1.807, 2.05) is 19.1 Å². The summed E-state index contributed by atoms with van der Waals surface area (Å²) in [6.45, 7) is 9.85. The summed E-state index contributed by atoms with van der Waals surface area (Å²) in [5.41, 5.74) is 0.909. The fourth-order valence-corrected chi connectivity index (χ4v) is 6.41. The molecule has 1 unspecified atom stereocenters. The van der Waals surface area contributed by atoms with Crippen molar-refractivity contribution in [3.63, 3.8) is 0 Å². The van der Waals surface area contributed by atoms with Gasteiger partial charge in [0.1, 0.15) is 11.5 Å². The molecule has 1 aromatic carbocycles. The van der Waals surface area contributed by atoms with Gasteiger partial charge in [-0.25, -0.2) is 0 Å². The number of benzene rings is 1. The van der Waals surface area contributed by atoms with Gasteiger partial charge >= 0.3 is 11.9 Å². The molecule has 32 heavy (non-hydrogen) atoms. The highest BCUT2D eigenvalue weighted by Crippen LogP contribution is 2.62. The highest BCUT2D eigenvalue weighted by atomic mass is 16.6. The lowest BCUT2D eigenvalue weighted by atomic mass is 9.47. The van der Waals surface area contributed by atoms with Crippen molar-refractivity contribution < 1.29 is 29.0 Å². The van der Waals surface area contributed by atoms with Gasteiger partial charge in [0.05, 0.1) is 5.41 Å². The fourth-order valence-electron chi connectivity index (χ4n) is 6.41. The Morgan fingerprint density at radius 3 is 2.50 bits per heavy atom. The van der Waals surface area contributed by atoms with Gasteiger partial charge in [-0.2, -0.15) is 0 Å². The predicted octanol–water partition coefficient (Wildman–Crippen LogP) is 4.14. The minimum atomic E-state index is -1.25. The van der Waals surface area contributed by atoms with Crippen LogP contribution in [0.15, 0.2) is 29.9 Å². The number of allylic oxidation sites excluding steroid dienone is 3. The van der Waals surface area contributed by atoms with Crippen molar-refractivity contribution in [1.29, 1.82) is 0 Å². The number of aryl methyl sites for hydroxylation is 1. The number of carbonyl (C=O) groups excluding carboxylic acids is 3. The molecule has 6 nitrogen and oxygen atoms in total. The molecule has 1 aromatic rings. The van der Waals surface area contributed by atoms with Crippen molar-refractivity contribution >= 4 is 17.7 Å². The Labute approximate surface area is 188 Å². The van der Waals surface area contributed by atoms with E-state index in [9.17, 15) is 19.5 Å². The third-order valence-electron chi connectivity index (χ3n) is 7.50. The van der Waals surface area contributed by atoms with Gasteiger partial charge < -0.3 is 14.6 Å². The molecule has 0 aliphatic heterocycles. The number of hydrogen-bond acceptors (Lipinski definition) is 6. The van der Waals surface area contributed by atoms with Gasteiger partial charge in [0.15, 0.2) is 11.4 Å². The van der Waals surface area contributed by atoms with E-state index in [2.05, 4.69) is 12.2 Å². The van der Waals surface area contributed by atoms with Crippen LogP contribution < -0.4 is 4.74 Å². The number of rotatable bonds is 4. The number of carbonyl (C=O) groups is 3. The zero-order chi connectivity index (χ0) is 23.6. The first-order valence-electron chi connectivity index (χ1n) is 11.0. The van der Waals surface area contributed by atoms with Crippen molar-refractivity contribution in [2.45, 2.75) is 60.0 Å². The van der Waals surface area contributed by atoms with Crippen LogP contribution in [0, 0.1) is 37.0 Å². The first-order valence-corrected chi connectivity index (χ1v) is 11.0. The molecule has 0 amide bonds. The lowest BCUT2D eigenvalue weighted by molar-refractivity contribution is -0.186. The number of ether oxygens (including phenoxy) is 2. The second-order valence-corrected chi connectivity index (χ2v) is 9.79. The number of Topliss-reactive ketones (excluding diaryl/α,β-unsaturated/α-hetero) is 1. The van der Waals surface area contributed by atoms with Gasteiger partial charge in [-0.05, 0) is 69.6 Å². The van der Waals surface area contributed by atoms with Crippen LogP contribution in [0.2, 0.25) is 0 Å². The Bertz CT molecular complexity index is 1100. The highest BCUT2D eigenvalue weighted by Gasteiger charge is 2.66. The minimum Gasteiger partial charge on any atom is -0.507 e.